The van der Waals surface area contributed by atoms with Crippen LogP contribution in [0.1, 0.15) is 42.2 Å². The van der Waals surface area contributed by atoms with Crippen molar-refractivity contribution in [2.75, 3.05) is 6.54 Å². The molecule has 0 unspecified atom stereocenters. The number of aromatic nitrogens is 1. The second-order valence-corrected chi connectivity index (χ2v) is 5.81. The topological polar surface area (TPSA) is 60.3 Å². The van der Waals surface area contributed by atoms with E-state index in [2.05, 4.69) is 24.4 Å². The van der Waals surface area contributed by atoms with Crippen molar-refractivity contribution in [1.82, 2.24) is 9.88 Å². The van der Waals surface area contributed by atoms with Crippen molar-refractivity contribution in [1.29, 1.82) is 0 Å². The number of benzene rings is 1. The monoisotopic (exact) mass is 328 g/mol. The predicted molar refractivity (Wildman–Crippen MR) is 92.8 cm³/mol. The molecule has 128 valence electrons. The minimum atomic E-state index is -0.833. The number of ether oxygens (including phenoxy) is 1. The molecule has 0 aliphatic heterocycles. The van der Waals surface area contributed by atoms with E-state index in [-0.39, 0.29) is 11.8 Å². The van der Waals surface area contributed by atoms with E-state index in [1.165, 1.54) is 5.56 Å². The fraction of sp³-hybridized carbons (Fsp3) is 0.368. The van der Waals surface area contributed by atoms with Crippen molar-refractivity contribution in [2.24, 2.45) is 7.05 Å². The normalized spacial score (nSPS) is 13.1. The Bertz CT molecular complexity index is 679. The standard InChI is InChI=1S/C19H24N2O3/c1-4-15(16-9-6-5-7-10-16)13-20-18(22)14(2)24-19(23)17-11-8-12-21(17)3/h5-12,14-15H,4,13H2,1-3H3,(H,20,22)/t14-,15-/m0/s1. The van der Waals surface area contributed by atoms with E-state index in [4.69, 9.17) is 4.74 Å². The maximum atomic E-state index is 12.2. The number of nitrogens with one attached hydrogen (secondary N) is 1. The molecule has 1 N–H and O–H groups in total. The maximum absolute atomic E-state index is 12.2. The molecule has 0 spiro atoms. The molecular weight excluding hydrogens is 304 g/mol. The van der Waals surface area contributed by atoms with Gasteiger partial charge >= 0.3 is 5.97 Å². The molecule has 0 radical (unpaired) electrons. The van der Waals surface area contributed by atoms with Crippen LogP contribution in [-0.2, 0) is 16.6 Å². The van der Waals surface area contributed by atoms with E-state index in [1.54, 1.807) is 36.9 Å². The largest absolute Gasteiger partial charge is 0.448 e. The summed E-state index contributed by atoms with van der Waals surface area (Å²) in [6.07, 6.45) is 1.84. The summed E-state index contributed by atoms with van der Waals surface area (Å²) in [6.45, 7) is 4.19. The maximum Gasteiger partial charge on any atom is 0.355 e. The number of hydrogen-bond donors (Lipinski definition) is 1. The summed E-state index contributed by atoms with van der Waals surface area (Å²) in [4.78, 5) is 24.2. The lowest BCUT2D eigenvalue weighted by atomic mass is 9.96. The summed E-state index contributed by atoms with van der Waals surface area (Å²) in [6, 6.07) is 13.5. The van der Waals surface area contributed by atoms with Gasteiger partial charge in [-0.2, -0.15) is 0 Å². The van der Waals surface area contributed by atoms with Crippen LogP contribution in [0.2, 0.25) is 0 Å². The SMILES string of the molecule is CC[C@@H](CNC(=O)[C@H](C)OC(=O)c1cccn1C)c1ccccc1. The summed E-state index contributed by atoms with van der Waals surface area (Å²) in [7, 11) is 1.76. The van der Waals surface area contributed by atoms with Crippen LogP contribution in [0.25, 0.3) is 0 Å². The molecule has 2 rings (SSSR count). The first-order valence-electron chi connectivity index (χ1n) is 8.17. The van der Waals surface area contributed by atoms with Gasteiger partial charge in [0.1, 0.15) is 5.69 Å². The van der Waals surface area contributed by atoms with Gasteiger partial charge in [0, 0.05) is 25.7 Å². The minimum absolute atomic E-state index is 0.242. The van der Waals surface area contributed by atoms with Crippen molar-refractivity contribution in [3.05, 3.63) is 59.9 Å². The van der Waals surface area contributed by atoms with Gasteiger partial charge in [-0.25, -0.2) is 4.79 Å². The van der Waals surface area contributed by atoms with Crippen LogP contribution >= 0.6 is 0 Å². The molecule has 0 aliphatic rings. The summed E-state index contributed by atoms with van der Waals surface area (Å²) < 4.78 is 6.90. The second-order valence-electron chi connectivity index (χ2n) is 5.81. The fourth-order valence-corrected chi connectivity index (χ4v) is 2.54. The molecule has 1 amide bonds. The molecule has 1 heterocycles. The van der Waals surface area contributed by atoms with Gasteiger partial charge in [-0.1, -0.05) is 37.3 Å². The minimum Gasteiger partial charge on any atom is -0.448 e. The summed E-state index contributed by atoms with van der Waals surface area (Å²) >= 11 is 0. The van der Waals surface area contributed by atoms with E-state index in [1.807, 2.05) is 18.2 Å². The molecule has 0 saturated carbocycles. The summed E-state index contributed by atoms with van der Waals surface area (Å²) in [5.41, 5.74) is 1.61. The Balaban J connectivity index is 1.87. The Labute approximate surface area is 142 Å². The third kappa shape index (κ3) is 4.47. The van der Waals surface area contributed by atoms with Crippen LogP contribution in [-0.4, -0.2) is 29.1 Å². The quantitative estimate of drug-likeness (QED) is 0.795. The third-order valence-electron chi connectivity index (χ3n) is 4.09. The molecule has 5 nitrogen and oxygen atoms in total. The first-order valence-corrected chi connectivity index (χ1v) is 8.17. The smallest absolute Gasteiger partial charge is 0.355 e. The fourth-order valence-electron chi connectivity index (χ4n) is 2.54. The van der Waals surface area contributed by atoms with E-state index in [9.17, 15) is 9.59 Å². The van der Waals surface area contributed by atoms with Gasteiger partial charge in [-0.15, -0.1) is 0 Å². The van der Waals surface area contributed by atoms with Crippen molar-refractivity contribution in [3.63, 3.8) is 0 Å². The van der Waals surface area contributed by atoms with Gasteiger partial charge in [-0.3, -0.25) is 4.79 Å². The molecule has 1 aromatic heterocycles. The molecule has 2 aromatic rings. The molecular formula is C19H24N2O3. The van der Waals surface area contributed by atoms with Gasteiger partial charge in [0.05, 0.1) is 0 Å². The molecule has 0 aliphatic carbocycles. The van der Waals surface area contributed by atoms with Crippen LogP contribution in [0.15, 0.2) is 48.7 Å². The Hall–Kier alpha value is -2.56. The van der Waals surface area contributed by atoms with E-state index in [0.717, 1.165) is 6.42 Å². The predicted octanol–water partition coefficient (Wildman–Crippen LogP) is 2.88. The number of esters is 1. The second kappa shape index (κ2) is 8.34. The average molecular weight is 328 g/mol. The number of carbonyl (C=O) groups excluding carboxylic acids is 2. The van der Waals surface area contributed by atoms with Crippen LogP contribution < -0.4 is 5.32 Å². The summed E-state index contributed by atoms with van der Waals surface area (Å²) in [5, 5.41) is 2.87. The first kappa shape index (κ1) is 17.8. The summed E-state index contributed by atoms with van der Waals surface area (Å²) in [5.74, 6) is -0.543. The highest BCUT2D eigenvalue weighted by Crippen LogP contribution is 2.18. The van der Waals surface area contributed by atoms with Crippen LogP contribution in [0, 0.1) is 0 Å². The van der Waals surface area contributed by atoms with Crippen molar-refractivity contribution >= 4 is 11.9 Å². The highest BCUT2D eigenvalue weighted by molar-refractivity contribution is 5.91. The lowest BCUT2D eigenvalue weighted by molar-refractivity contribution is -0.129. The Morgan fingerprint density at radius 1 is 1.17 bits per heavy atom. The van der Waals surface area contributed by atoms with Crippen molar-refractivity contribution in [2.45, 2.75) is 32.3 Å². The van der Waals surface area contributed by atoms with Gasteiger partial charge in [0.15, 0.2) is 6.10 Å². The molecule has 5 heteroatoms. The van der Waals surface area contributed by atoms with Crippen molar-refractivity contribution in [3.8, 4) is 0 Å². The Morgan fingerprint density at radius 2 is 1.88 bits per heavy atom. The molecule has 2 atom stereocenters. The van der Waals surface area contributed by atoms with Crippen LogP contribution in [0.5, 0.6) is 0 Å². The third-order valence-corrected chi connectivity index (χ3v) is 4.09. The highest BCUT2D eigenvalue weighted by atomic mass is 16.5. The Morgan fingerprint density at radius 3 is 2.46 bits per heavy atom. The van der Waals surface area contributed by atoms with Gasteiger partial charge < -0.3 is 14.6 Å². The van der Waals surface area contributed by atoms with Crippen molar-refractivity contribution < 1.29 is 14.3 Å². The number of amides is 1. The average Bonchev–Trinajstić information content (AvgIpc) is 3.02. The molecule has 0 fully saturated rings. The van der Waals surface area contributed by atoms with E-state index >= 15 is 0 Å². The first-order chi connectivity index (χ1) is 11.5. The molecule has 0 saturated heterocycles. The zero-order valence-corrected chi connectivity index (χ0v) is 14.4. The number of hydrogen-bond acceptors (Lipinski definition) is 3. The van der Waals surface area contributed by atoms with Gasteiger partial charge in [0.2, 0.25) is 0 Å². The van der Waals surface area contributed by atoms with Gasteiger partial charge in [0.25, 0.3) is 5.91 Å². The lowest BCUT2D eigenvalue weighted by Crippen LogP contribution is -2.38. The van der Waals surface area contributed by atoms with Crippen LogP contribution in [0.4, 0.5) is 0 Å². The molecule has 24 heavy (non-hydrogen) atoms. The highest BCUT2D eigenvalue weighted by Gasteiger charge is 2.21. The molecule has 0 bridgehead atoms. The lowest BCUT2D eigenvalue weighted by Gasteiger charge is -2.18. The molecule has 1 aromatic carbocycles. The van der Waals surface area contributed by atoms with E-state index < -0.39 is 12.1 Å². The number of rotatable bonds is 7. The van der Waals surface area contributed by atoms with Gasteiger partial charge in [-0.05, 0) is 31.0 Å². The zero-order chi connectivity index (χ0) is 17.5. The number of aryl methyl sites for hydroxylation is 1. The Kier molecular flexibility index (Phi) is 6.18. The zero-order valence-electron chi connectivity index (χ0n) is 14.4. The van der Waals surface area contributed by atoms with E-state index in [0.29, 0.717) is 12.2 Å². The number of nitrogens with zero attached hydrogens (tertiary/aromatic N) is 1. The number of carbonyl (C=O) groups is 2. The van der Waals surface area contributed by atoms with Crippen LogP contribution in [0.3, 0.4) is 0 Å².